The average molecular weight is 357 g/mol. The van der Waals surface area contributed by atoms with Crippen LogP contribution in [0.25, 0.3) is 0 Å². The third kappa shape index (κ3) is 5.16. The van der Waals surface area contributed by atoms with Crippen molar-refractivity contribution in [3.63, 3.8) is 0 Å². The van der Waals surface area contributed by atoms with E-state index in [4.69, 9.17) is 9.47 Å². The summed E-state index contributed by atoms with van der Waals surface area (Å²) in [6.07, 6.45) is 3.14. The molecule has 0 spiro atoms. The lowest BCUT2D eigenvalue weighted by Crippen LogP contribution is -2.32. The van der Waals surface area contributed by atoms with E-state index < -0.39 is 0 Å². The van der Waals surface area contributed by atoms with E-state index in [0.29, 0.717) is 13.2 Å². The zero-order valence-electron chi connectivity index (χ0n) is 14.6. The standard InChI is InChI=1S/C19H23N3O4/c23-18-9-8-17(19(24)20-11-10-16-7-4-13-25-16)21-22(18)12-14-26-15-5-2-1-3-6-15/h1-3,5-6,8-9,16H,4,7,10-14H2,(H,20,24). The van der Waals surface area contributed by atoms with Gasteiger partial charge >= 0.3 is 0 Å². The molecule has 1 aliphatic rings. The van der Waals surface area contributed by atoms with Crippen LogP contribution in [0.3, 0.4) is 0 Å². The topological polar surface area (TPSA) is 82.5 Å². The zero-order chi connectivity index (χ0) is 18.2. The minimum Gasteiger partial charge on any atom is -0.492 e. The molecule has 1 aromatic carbocycles. The molecule has 2 heterocycles. The second-order valence-corrected chi connectivity index (χ2v) is 6.12. The van der Waals surface area contributed by atoms with E-state index in [1.54, 1.807) is 0 Å². The molecule has 1 aromatic heterocycles. The summed E-state index contributed by atoms with van der Waals surface area (Å²) in [4.78, 5) is 24.1. The zero-order valence-corrected chi connectivity index (χ0v) is 14.6. The Morgan fingerprint density at radius 2 is 2.12 bits per heavy atom. The number of hydrogen-bond donors (Lipinski definition) is 1. The highest BCUT2D eigenvalue weighted by molar-refractivity contribution is 5.91. The molecule has 0 bridgehead atoms. The summed E-state index contributed by atoms with van der Waals surface area (Å²) in [6, 6.07) is 12.1. The molecule has 1 aliphatic heterocycles. The number of amides is 1. The maximum atomic E-state index is 12.2. The Labute approximate surface area is 151 Å². The van der Waals surface area contributed by atoms with Gasteiger partial charge in [-0.2, -0.15) is 5.10 Å². The number of para-hydroxylation sites is 1. The lowest BCUT2D eigenvalue weighted by molar-refractivity contribution is 0.0900. The first-order valence-corrected chi connectivity index (χ1v) is 8.88. The summed E-state index contributed by atoms with van der Waals surface area (Å²) in [5.41, 5.74) is -0.0470. The Kier molecular flexibility index (Phi) is 6.38. The second kappa shape index (κ2) is 9.15. The molecule has 0 radical (unpaired) electrons. The SMILES string of the molecule is O=C(NCCC1CCCO1)c1ccc(=O)n(CCOc2ccccc2)n1. The van der Waals surface area contributed by atoms with Gasteiger partial charge in [0.2, 0.25) is 0 Å². The van der Waals surface area contributed by atoms with Crippen molar-refractivity contribution < 1.29 is 14.3 Å². The van der Waals surface area contributed by atoms with Crippen molar-refractivity contribution in [2.45, 2.75) is 31.9 Å². The smallest absolute Gasteiger partial charge is 0.271 e. The van der Waals surface area contributed by atoms with Crippen LogP contribution in [0.5, 0.6) is 5.75 Å². The van der Waals surface area contributed by atoms with E-state index >= 15 is 0 Å². The third-order valence-corrected chi connectivity index (χ3v) is 4.19. The largest absolute Gasteiger partial charge is 0.492 e. The van der Waals surface area contributed by atoms with E-state index in [9.17, 15) is 9.59 Å². The van der Waals surface area contributed by atoms with E-state index in [1.165, 1.54) is 16.8 Å². The molecule has 1 unspecified atom stereocenters. The molecule has 26 heavy (non-hydrogen) atoms. The van der Waals surface area contributed by atoms with Crippen LogP contribution < -0.4 is 15.6 Å². The highest BCUT2D eigenvalue weighted by Gasteiger charge is 2.16. The second-order valence-electron chi connectivity index (χ2n) is 6.12. The number of rotatable bonds is 8. The lowest BCUT2D eigenvalue weighted by Gasteiger charge is -2.11. The van der Waals surface area contributed by atoms with Crippen LogP contribution in [0.2, 0.25) is 0 Å². The summed E-state index contributed by atoms with van der Waals surface area (Å²) in [6.45, 7) is 1.89. The van der Waals surface area contributed by atoms with Gasteiger partial charge in [0.25, 0.3) is 11.5 Å². The van der Waals surface area contributed by atoms with Crippen LogP contribution >= 0.6 is 0 Å². The molecule has 1 N–H and O–H groups in total. The van der Waals surface area contributed by atoms with Gasteiger partial charge in [-0.25, -0.2) is 4.68 Å². The Balaban J connectivity index is 1.51. The van der Waals surface area contributed by atoms with Gasteiger partial charge in [0.05, 0.1) is 12.6 Å². The summed E-state index contributed by atoms with van der Waals surface area (Å²) < 4.78 is 12.4. The number of hydrogen-bond acceptors (Lipinski definition) is 5. The molecule has 2 aromatic rings. The maximum absolute atomic E-state index is 12.2. The molecule has 1 atom stereocenters. The highest BCUT2D eigenvalue weighted by Crippen LogP contribution is 2.14. The van der Waals surface area contributed by atoms with Crippen LogP contribution in [0, 0.1) is 0 Å². The fourth-order valence-electron chi connectivity index (χ4n) is 2.81. The molecule has 0 saturated carbocycles. The Hall–Kier alpha value is -2.67. The van der Waals surface area contributed by atoms with E-state index in [-0.39, 0.29) is 29.8 Å². The van der Waals surface area contributed by atoms with Crippen molar-refractivity contribution in [3.05, 3.63) is 58.5 Å². The minimum atomic E-state index is -0.291. The third-order valence-electron chi connectivity index (χ3n) is 4.19. The molecule has 1 fully saturated rings. The minimum absolute atomic E-state index is 0.219. The normalized spacial score (nSPS) is 16.4. The monoisotopic (exact) mass is 357 g/mol. The number of carbonyl (C=O) groups is 1. The van der Waals surface area contributed by atoms with Gasteiger partial charge in [-0.1, -0.05) is 18.2 Å². The molecule has 0 aliphatic carbocycles. The first-order chi connectivity index (χ1) is 12.7. The number of nitrogens with one attached hydrogen (secondary N) is 1. The van der Waals surface area contributed by atoms with E-state index in [0.717, 1.165) is 31.6 Å². The number of benzene rings is 1. The van der Waals surface area contributed by atoms with Crippen LogP contribution in [-0.4, -0.2) is 41.6 Å². The van der Waals surface area contributed by atoms with E-state index in [1.807, 2.05) is 30.3 Å². The van der Waals surface area contributed by atoms with Crippen LogP contribution in [0.4, 0.5) is 0 Å². The predicted octanol–water partition coefficient (Wildman–Crippen LogP) is 1.62. The fraction of sp³-hybridized carbons (Fsp3) is 0.421. The van der Waals surface area contributed by atoms with Gasteiger partial charge in [0.1, 0.15) is 18.1 Å². The molecule has 138 valence electrons. The van der Waals surface area contributed by atoms with E-state index in [2.05, 4.69) is 10.4 Å². The number of ether oxygens (including phenoxy) is 2. The first kappa shape index (κ1) is 18.1. The highest BCUT2D eigenvalue weighted by atomic mass is 16.5. The van der Waals surface area contributed by atoms with Crippen LogP contribution in [0.1, 0.15) is 29.8 Å². The van der Waals surface area contributed by atoms with Crippen molar-refractivity contribution in [1.29, 1.82) is 0 Å². The fourth-order valence-corrected chi connectivity index (χ4v) is 2.81. The van der Waals surface area contributed by atoms with Crippen LogP contribution in [0.15, 0.2) is 47.3 Å². The van der Waals surface area contributed by atoms with Gasteiger partial charge in [-0.15, -0.1) is 0 Å². The molecule has 1 saturated heterocycles. The van der Waals surface area contributed by atoms with Crippen molar-refractivity contribution in [3.8, 4) is 5.75 Å². The number of carbonyl (C=O) groups excluding carboxylic acids is 1. The quantitative estimate of drug-likeness (QED) is 0.776. The lowest BCUT2D eigenvalue weighted by atomic mass is 10.2. The molecule has 7 nitrogen and oxygen atoms in total. The first-order valence-electron chi connectivity index (χ1n) is 8.88. The molecular weight excluding hydrogens is 334 g/mol. The summed E-state index contributed by atoms with van der Waals surface area (Å²) in [5, 5.41) is 6.96. The summed E-state index contributed by atoms with van der Waals surface area (Å²) in [7, 11) is 0. The summed E-state index contributed by atoms with van der Waals surface area (Å²) >= 11 is 0. The molecular formula is C19H23N3O4. The van der Waals surface area contributed by atoms with Crippen LogP contribution in [-0.2, 0) is 11.3 Å². The molecule has 1 amide bonds. The van der Waals surface area contributed by atoms with Crippen molar-refractivity contribution in [2.75, 3.05) is 19.8 Å². The molecule has 7 heteroatoms. The number of nitrogens with zero attached hydrogens (tertiary/aromatic N) is 2. The van der Waals surface area contributed by atoms with Gasteiger partial charge < -0.3 is 14.8 Å². The van der Waals surface area contributed by atoms with Crippen molar-refractivity contribution in [2.24, 2.45) is 0 Å². The van der Waals surface area contributed by atoms with Gasteiger partial charge in [0.15, 0.2) is 0 Å². The maximum Gasteiger partial charge on any atom is 0.271 e. The van der Waals surface area contributed by atoms with Gasteiger partial charge in [0, 0.05) is 19.2 Å². The molecule has 3 rings (SSSR count). The average Bonchev–Trinajstić information content (AvgIpc) is 3.17. The van der Waals surface area contributed by atoms with Gasteiger partial charge in [-0.05, 0) is 37.5 Å². The Morgan fingerprint density at radius 3 is 2.88 bits per heavy atom. The summed E-state index contributed by atoms with van der Waals surface area (Å²) in [5.74, 6) is 0.435. The predicted molar refractivity (Wildman–Crippen MR) is 96.4 cm³/mol. The number of aromatic nitrogens is 2. The Morgan fingerprint density at radius 1 is 1.27 bits per heavy atom. The van der Waals surface area contributed by atoms with Crippen molar-refractivity contribution >= 4 is 5.91 Å². The van der Waals surface area contributed by atoms with Gasteiger partial charge in [-0.3, -0.25) is 9.59 Å². The van der Waals surface area contributed by atoms with Crippen molar-refractivity contribution in [1.82, 2.24) is 15.1 Å². The Bertz CT molecular complexity index is 770.